The normalized spacial score (nSPS) is 15.3. The highest BCUT2D eigenvalue weighted by molar-refractivity contribution is 6.54. The van der Waals surface area contributed by atoms with Crippen LogP contribution in [0, 0.1) is 5.82 Å². The number of hydrogen-bond donors (Lipinski definition) is 0. The molecule has 0 aliphatic carbocycles. The van der Waals surface area contributed by atoms with E-state index in [0.29, 0.717) is 17.7 Å². The Morgan fingerprint density at radius 3 is 1.62 bits per heavy atom. The van der Waals surface area contributed by atoms with Crippen LogP contribution < -0.4 is 0 Å². The number of hydrogen-bond acceptors (Lipinski definition) is 3. The first-order chi connectivity index (χ1) is 12.7. The van der Waals surface area contributed by atoms with Gasteiger partial charge in [0.15, 0.2) is 6.29 Å². The molecule has 0 N–H and O–H groups in total. The van der Waals surface area contributed by atoms with Gasteiger partial charge >= 0.3 is 0 Å². The molecule has 3 nitrogen and oxygen atoms in total. The molecule has 0 bridgehead atoms. The summed E-state index contributed by atoms with van der Waals surface area (Å²) in [4.78, 5) is 21.3. The number of carbonyl (C=O) groups excluding carboxylic acids is 1. The third-order valence-electron chi connectivity index (χ3n) is 4.32. The molecule has 3 aromatic carbocycles. The zero-order valence-corrected chi connectivity index (χ0v) is 13.8. The Balaban J connectivity index is 1.97. The lowest BCUT2D eigenvalue weighted by Gasteiger charge is -2.16. The molecule has 4 rings (SSSR count). The summed E-state index contributed by atoms with van der Waals surface area (Å²) in [5.41, 5.74) is 1.35. The molecule has 1 aliphatic rings. The average Bonchev–Trinajstić information content (AvgIpc) is 3.11. The molecule has 0 saturated carbocycles. The van der Waals surface area contributed by atoms with Crippen molar-refractivity contribution in [3.8, 4) is 0 Å². The van der Waals surface area contributed by atoms with E-state index in [1.807, 2.05) is 60.7 Å². The van der Waals surface area contributed by atoms with Crippen molar-refractivity contribution in [1.29, 1.82) is 0 Å². The topological polar surface area (TPSA) is 41.8 Å². The third-order valence-corrected chi connectivity index (χ3v) is 4.32. The van der Waals surface area contributed by atoms with E-state index < -0.39 is 11.5 Å². The van der Waals surface area contributed by atoms with E-state index in [4.69, 9.17) is 0 Å². The van der Waals surface area contributed by atoms with Crippen LogP contribution in [-0.4, -0.2) is 17.7 Å². The van der Waals surface area contributed by atoms with Gasteiger partial charge in [-0.2, -0.15) is 0 Å². The van der Waals surface area contributed by atoms with E-state index in [2.05, 4.69) is 9.98 Å². The molecule has 26 heavy (non-hydrogen) atoms. The van der Waals surface area contributed by atoms with Crippen molar-refractivity contribution in [3.05, 3.63) is 107 Å². The fourth-order valence-corrected chi connectivity index (χ4v) is 3.06. The van der Waals surface area contributed by atoms with Crippen molar-refractivity contribution in [2.75, 3.05) is 0 Å². The minimum absolute atomic E-state index is 0.148. The first-order valence-electron chi connectivity index (χ1n) is 8.26. The summed E-state index contributed by atoms with van der Waals surface area (Å²) in [5.74, 6) is -0.506. The maximum absolute atomic E-state index is 14.4. The standard InChI is InChI=1S/C22H15FN2O/c23-19-14-8-7-13-18(19)22(15-26)24-20(16-9-3-1-4-10-16)21(25-22)17-11-5-2-6-12-17/h1-15H. The highest BCUT2D eigenvalue weighted by atomic mass is 19.1. The van der Waals surface area contributed by atoms with Crippen molar-refractivity contribution >= 4 is 17.7 Å². The smallest absolute Gasteiger partial charge is 0.235 e. The lowest BCUT2D eigenvalue weighted by atomic mass is 10.0. The molecule has 0 unspecified atom stereocenters. The van der Waals surface area contributed by atoms with Gasteiger partial charge < -0.3 is 0 Å². The minimum atomic E-state index is -1.61. The second-order valence-corrected chi connectivity index (χ2v) is 5.98. The summed E-state index contributed by atoms with van der Waals surface area (Å²) in [6.07, 6.45) is 0.601. The van der Waals surface area contributed by atoms with Crippen LogP contribution in [0.1, 0.15) is 16.7 Å². The Kier molecular flexibility index (Phi) is 4.01. The maximum Gasteiger partial charge on any atom is 0.235 e. The molecule has 0 amide bonds. The van der Waals surface area contributed by atoms with Gasteiger partial charge in [0.25, 0.3) is 0 Å². The fraction of sp³-hybridized carbons (Fsp3) is 0.0455. The van der Waals surface area contributed by atoms with Gasteiger partial charge in [-0.1, -0.05) is 78.9 Å². The van der Waals surface area contributed by atoms with Gasteiger partial charge in [0.1, 0.15) is 5.82 Å². The van der Waals surface area contributed by atoms with Gasteiger partial charge in [-0.05, 0) is 6.07 Å². The van der Waals surface area contributed by atoms with Crippen LogP contribution in [0.4, 0.5) is 4.39 Å². The first-order valence-corrected chi connectivity index (χ1v) is 8.26. The Labute approximate surface area is 150 Å². The second kappa shape index (κ2) is 6.48. The fourth-order valence-electron chi connectivity index (χ4n) is 3.06. The molecule has 0 saturated heterocycles. The summed E-state index contributed by atoms with van der Waals surface area (Å²) >= 11 is 0. The first kappa shape index (κ1) is 16.1. The predicted octanol–water partition coefficient (Wildman–Crippen LogP) is 4.17. The number of aliphatic imine (C=N–C) groups is 2. The molecule has 1 heterocycles. The van der Waals surface area contributed by atoms with Crippen LogP contribution in [0.5, 0.6) is 0 Å². The van der Waals surface area contributed by atoms with Gasteiger partial charge in [0, 0.05) is 16.7 Å². The van der Waals surface area contributed by atoms with Gasteiger partial charge in [-0.15, -0.1) is 0 Å². The highest BCUT2D eigenvalue weighted by Crippen LogP contribution is 2.34. The molecule has 4 heteroatoms. The summed E-state index contributed by atoms with van der Waals surface area (Å²) < 4.78 is 14.4. The van der Waals surface area contributed by atoms with Gasteiger partial charge in [0.2, 0.25) is 5.66 Å². The predicted molar refractivity (Wildman–Crippen MR) is 100 cm³/mol. The van der Waals surface area contributed by atoms with E-state index in [1.54, 1.807) is 18.2 Å². The van der Waals surface area contributed by atoms with Crippen LogP contribution in [-0.2, 0) is 10.5 Å². The molecule has 0 fully saturated rings. The molecule has 0 radical (unpaired) electrons. The quantitative estimate of drug-likeness (QED) is 0.656. The minimum Gasteiger partial charge on any atom is -0.298 e. The molecule has 1 aliphatic heterocycles. The van der Waals surface area contributed by atoms with E-state index in [9.17, 15) is 9.18 Å². The van der Waals surface area contributed by atoms with Crippen LogP contribution in [0.25, 0.3) is 0 Å². The monoisotopic (exact) mass is 342 g/mol. The maximum atomic E-state index is 14.4. The van der Waals surface area contributed by atoms with Gasteiger partial charge in [0.05, 0.1) is 11.4 Å². The van der Waals surface area contributed by atoms with E-state index in [1.165, 1.54) is 6.07 Å². The van der Waals surface area contributed by atoms with Crippen molar-refractivity contribution < 1.29 is 9.18 Å². The highest BCUT2D eigenvalue weighted by Gasteiger charge is 2.40. The SMILES string of the molecule is O=CC1(c2ccccc2F)N=C(c2ccccc2)C(c2ccccc2)=N1. The number of aldehydes is 1. The van der Waals surface area contributed by atoms with Gasteiger partial charge in [-0.3, -0.25) is 4.79 Å². The Morgan fingerprint density at radius 1 is 0.692 bits per heavy atom. The summed E-state index contributed by atoms with van der Waals surface area (Å²) in [5, 5.41) is 0. The molecule has 0 aromatic heterocycles. The Morgan fingerprint density at radius 2 is 1.15 bits per heavy atom. The summed E-state index contributed by atoms with van der Waals surface area (Å²) in [7, 11) is 0. The van der Waals surface area contributed by atoms with Crippen LogP contribution in [0.3, 0.4) is 0 Å². The molecule has 3 aromatic rings. The van der Waals surface area contributed by atoms with Crippen LogP contribution in [0.15, 0.2) is 94.9 Å². The molecular weight excluding hydrogens is 327 g/mol. The largest absolute Gasteiger partial charge is 0.298 e. The van der Waals surface area contributed by atoms with Gasteiger partial charge in [-0.25, -0.2) is 14.4 Å². The molecule has 0 atom stereocenters. The van der Waals surface area contributed by atoms with Crippen LogP contribution >= 0.6 is 0 Å². The van der Waals surface area contributed by atoms with Crippen molar-refractivity contribution in [1.82, 2.24) is 0 Å². The lowest BCUT2D eigenvalue weighted by molar-refractivity contribution is -0.112. The molecule has 126 valence electrons. The lowest BCUT2D eigenvalue weighted by Crippen LogP contribution is -2.22. The molecule has 0 spiro atoms. The van der Waals surface area contributed by atoms with Crippen molar-refractivity contribution in [2.24, 2.45) is 9.98 Å². The Hall–Kier alpha value is -3.40. The zero-order valence-electron chi connectivity index (χ0n) is 13.8. The van der Waals surface area contributed by atoms with Crippen LogP contribution in [0.2, 0.25) is 0 Å². The number of halogens is 1. The molecular formula is C22H15FN2O. The summed E-state index contributed by atoms with van der Waals surface area (Å²) in [6, 6.07) is 25.1. The zero-order chi connectivity index (χ0) is 18.0. The van der Waals surface area contributed by atoms with Crippen molar-refractivity contribution in [3.63, 3.8) is 0 Å². The number of rotatable bonds is 4. The number of benzene rings is 3. The van der Waals surface area contributed by atoms with E-state index in [0.717, 1.165) is 11.1 Å². The van der Waals surface area contributed by atoms with E-state index in [-0.39, 0.29) is 5.56 Å². The second-order valence-electron chi connectivity index (χ2n) is 5.98. The third kappa shape index (κ3) is 2.65. The van der Waals surface area contributed by atoms with E-state index >= 15 is 0 Å². The number of nitrogens with zero attached hydrogens (tertiary/aromatic N) is 2. The summed E-state index contributed by atoms with van der Waals surface area (Å²) in [6.45, 7) is 0. The number of carbonyl (C=O) groups is 1. The Bertz CT molecular complexity index is 955. The average molecular weight is 342 g/mol. The van der Waals surface area contributed by atoms with Crippen molar-refractivity contribution in [2.45, 2.75) is 5.66 Å².